The van der Waals surface area contributed by atoms with Gasteiger partial charge in [0.15, 0.2) is 12.4 Å². The monoisotopic (exact) mass is 288 g/mol. The number of hydrogen-bond donors (Lipinski definition) is 3. The van der Waals surface area contributed by atoms with Gasteiger partial charge in [-0.15, -0.1) is 10.2 Å². The second-order valence-corrected chi connectivity index (χ2v) is 4.97. The topological polar surface area (TPSA) is 105 Å². The number of amides is 1. The first-order valence-electron chi connectivity index (χ1n) is 6.69. The maximum absolute atomic E-state index is 11.4. The van der Waals surface area contributed by atoms with Crippen molar-refractivity contribution in [3.8, 4) is 5.75 Å². The number of H-pyrrole nitrogens is 1. The molecule has 2 aromatic rings. The summed E-state index contributed by atoms with van der Waals surface area (Å²) in [5.74, 6) is 1.16. The molecular formula is C13H16N6O2. The van der Waals surface area contributed by atoms with Crippen LogP contribution in [0, 0.1) is 0 Å². The van der Waals surface area contributed by atoms with E-state index in [0.29, 0.717) is 17.3 Å². The van der Waals surface area contributed by atoms with Crippen LogP contribution in [0.1, 0.15) is 37.3 Å². The number of tetrazole rings is 1. The quantitative estimate of drug-likeness (QED) is 0.773. The zero-order valence-corrected chi connectivity index (χ0v) is 11.8. The molecular weight excluding hydrogens is 272 g/mol. The van der Waals surface area contributed by atoms with Crippen LogP contribution in [0.15, 0.2) is 18.2 Å². The largest absolute Gasteiger partial charge is 0.482 e. The molecule has 1 aliphatic rings. The number of nitrogens with zero attached hydrogens (tertiary/aromatic N) is 3. The van der Waals surface area contributed by atoms with Crippen LogP contribution >= 0.6 is 0 Å². The van der Waals surface area contributed by atoms with E-state index in [2.05, 4.69) is 31.3 Å². The van der Waals surface area contributed by atoms with Crippen LogP contribution in [-0.4, -0.2) is 33.1 Å². The molecule has 3 rings (SSSR count). The van der Waals surface area contributed by atoms with Crippen molar-refractivity contribution in [2.24, 2.45) is 0 Å². The molecule has 1 aromatic carbocycles. The molecule has 8 heteroatoms. The molecule has 2 heterocycles. The van der Waals surface area contributed by atoms with Gasteiger partial charge in [0.25, 0.3) is 5.91 Å². The summed E-state index contributed by atoms with van der Waals surface area (Å²) in [7, 11) is 0. The van der Waals surface area contributed by atoms with Gasteiger partial charge >= 0.3 is 0 Å². The van der Waals surface area contributed by atoms with E-state index in [9.17, 15) is 4.79 Å². The molecule has 0 fully saturated rings. The SMILES string of the molecule is CC(NC(C)c1nn[nH]n1)c1ccc2c(c1)NC(=O)CO2. The highest BCUT2D eigenvalue weighted by Crippen LogP contribution is 2.31. The van der Waals surface area contributed by atoms with Crippen LogP contribution in [0.2, 0.25) is 0 Å². The van der Waals surface area contributed by atoms with Crippen LogP contribution in [0.4, 0.5) is 5.69 Å². The van der Waals surface area contributed by atoms with E-state index in [1.165, 1.54) is 0 Å². The number of carbonyl (C=O) groups is 1. The molecule has 0 aliphatic carbocycles. The highest BCUT2D eigenvalue weighted by atomic mass is 16.5. The number of nitrogens with one attached hydrogen (secondary N) is 3. The van der Waals surface area contributed by atoms with Gasteiger partial charge in [-0.1, -0.05) is 11.3 Å². The lowest BCUT2D eigenvalue weighted by atomic mass is 10.1. The predicted octanol–water partition coefficient (Wildman–Crippen LogP) is 0.942. The fraction of sp³-hybridized carbons (Fsp3) is 0.385. The lowest BCUT2D eigenvalue weighted by Crippen LogP contribution is -2.26. The van der Waals surface area contributed by atoms with Gasteiger partial charge in [0, 0.05) is 6.04 Å². The number of benzene rings is 1. The molecule has 1 aliphatic heterocycles. The number of rotatable bonds is 4. The average molecular weight is 288 g/mol. The molecule has 1 aromatic heterocycles. The molecule has 0 spiro atoms. The Bertz CT molecular complexity index is 642. The number of carbonyl (C=O) groups excluding carboxylic acids is 1. The van der Waals surface area contributed by atoms with Crippen LogP contribution in [0.25, 0.3) is 0 Å². The van der Waals surface area contributed by atoms with Gasteiger partial charge in [-0.2, -0.15) is 5.21 Å². The van der Waals surface area contributed by atoms with E-state index in [1.807, 2.05) is 32.0 Å². The van der Waals surface area contributed by atoms with Crippen molar-refractivity contribution >= 4 is 11.6 Å². The van der Waals surface area contributed by atoms with E-state index in [1.54, 1.807) is 0 Å². The lowest BCUT2D eigenvalue weighted by molar-refractivity contribution is -0.118. The summed E-state index contributed by atoms with van der Waals surface area (Å²) < 4.78 is 5.35. The van der Waals surface area contributed by atoms with Crippen LogP contribution in [0.3, 0.4) is 0 Å². The van der Waals surface area contributed by atoms with Crippen LogP contribution < -0.4 is 15.4 Å². The molecule has 3 N–H and O–H groups in total. The summed E-state index contributed by atoms with van der Waals surface area (Å²) in [5.41, 5.74) is 1.74. The summed E-state index contributed by atoms with van der Waals surface area (Å²) in [6.07, 6.45) is 0. The van der Waals surface area contributed by atoms with Gasteiger partial charge in [-0.3, -0.25) is 4.79 Å². The Morgan fingerprint density at radius 2 is 2.19 bits per heavy atom. The summed E-state index contributed by atoms with van der Waals surface area (Å²) in [6.45, 7) is 4.06. The van der Waals surface area contributed by atoms with Crippen molar-refractivity contribution in [2.45, 2.75) is 25.9 Å². The Labute approximate surface area is 121 Å². The predicted molar refractivity (Wildman–Crippen MR) is 74.7 cm³/mol. The molecule has 110 valence electrons. The van der Waals surface area contributed by atoms with E-state index in [-0.39, 0.29) is 24.6 Å². The number of fused-ring (bicyclic) bond motifs is 1. The number of aromatic amines is 1. The number of anilines is 1. The Morgan fingerprint density at radius 1 is 1.33 bits per heavy atom. The molecule has 0 saturated carbocycles. The fourth-order valence-electron chi connectivity index (χ4n) is 2.27. The second kappa shape index (κ2) is 5.49. The van der Waals surface area contributed by atoms with E-state index in [4.69, 9.17) is 4.74 Å². The highest BCUT2D eigenvalue weighted by Gasteiger charge is 2.19. The highest BCUT2D eigenvalue weighted by molar-refractivity contribution is 5.95. The Kier molecular flexibility index (Phi) is 3.53. The number of aromatic nitrogens is 4. The molecule has 0 saturated heterocycles. The van der Waals surface area contributed by atoms with Crippen molar-refractivity contribution < 1.29 is 9.53 Å². The van der Waals surface area contributed by atoms with Gasteiger partial charge in [-0.05, 0) is 31.5 Å². The number of hydrogen-bond acceptors (Lipinski definition) is 6. The van der Waals surface area contributed by atoms with Crippen molar-refractivity contribution in [1.82, 2.24) is 25.9 Å². The molecule has 0 radical (unpaired) electrons. The first-order valence-corrected chi connectivity index (χ1v) is 6.69. The van der Waals surface area contributed by atoms with Crippen molar-refractivity contribution in [2.75, 3.05) is 11.9 Å². The van der Waals surface area contributed by atoms with Gasteiger partial charge in [0.05, 0.1) is 11.7 Å². The molecule has 2 atom stereocenters. The zero-order chi connectivity index (χ0) is 14.8. The Hall–Kier alpha value is -2.48. The molecule has 1 amide bonds. The third-order valence-electron chi connectivity index (χ3n) is 3.39. The first-order chi connectivity index (χ1) is 10.1. The van der Waals surface area contributed by atoms with Gasteiger partial charge < -0.3 is 15.4 Å². The van der Waals surface area contributed by atoms with Crippen LogP contribution in [-0.2, 0) is 4.79 Å². The van der Waals surface area contributed by atoms with Crippen LogP contribution in [0.5, 0.6) is 5.75 Å². The van der Waals surface area contributed by atoms with Crippen molar-refractivity contribution in [3.63, 3.8) is 0 Å². The summed E-state index contributed by atoms with van der Waals surface area (Å²) in [6, 6.07) is 5.76. The van der Waals surface area contributed by atoms with E-state index < -0.39 is 0 Å². The maximum Gasteiger partial charge on any atom is 0.262 e. The fourth-order valence-corrected chi connectivity index (χ4v) is 2.27. The van der Waals surface area contributed by atoms with Gasteiger partial charge in [0.2, 0.25) is 0 Å². The third-order valence-corrected chi connectivity index (χ3v) is 3.39. The van der Waals surface area contributed by atoms with Crippen molar-refractivity contribution in [3.05, 3.63) is 29.6 Å². The average Bonchev–Trinajstić information content (AvgIpc) is 3.00. The third kappa shape index (κ3) is 2.84. The molecule has 0 bridgehead atoms. The minimum atomic E-state index is -0.138. The summed E-state index contributed by atoms with van der Waals surface area (Å²) in [5, 5.41) is 20.1. The van der Waals surface area contributed by atoms with Crippen molar-refractivity contribution in [1.29, 1.82) is 0 Å². The number of ether oxygens (including phenoxy) is 1. The van der Waals surface area contributed by atoms with Gasteiger partial charge in [0.1, 0.15) is 5.75 Å². The summed E-state index contributed by atoms with van der Waals surface area (Å²) >= 11 is 0. The Balaban J connectivity index is 1.74. The normalized spacial score (nSPS) is 16.6. The maximum atomic E-state index is 11.4. The standard InChI is InChI=1S/C13H16N6O2/c1-7(14-8(2)13-16-18-19-17-13)9-3-4-11-10(5-9)15-12(20)6-21-11/h3-5,7-8,14H,6H2,1-2H3,(H,15,20)(H,16,17,18,19). The van der Waals surface area contributed by atoms with E-state index in [0.717, 1.165) is 5.56 Å². The second-order valence-electron chi connectivity index (χ2n) is 4.97. The van der Waals surface area contributed by atoms with Gasteiger partial charge in [-0.25, -0.2) is 0 Å². The minimum absolute atomic E-state index is 0.0411. The molecule has 21 heavy (non-hydrogen) atoms. The first kappa shape index (κ1) is 13.5. The van der Waals surface area contributed by atoms with E-state index >= 15 is 0 Å². The minimum Gasteiger partial charge on any atom is -0.482 e. The molecule has 2 unspecified atom stereocenters. The Morgan fingerprint density at radius 3 is 2.95 bits per heavy atom. The lowest BCUT2D eigenvalue weighted by Gasteiger charge is -2.22. The molecule has 8 nitrogen and oxygen atoms in total. The smallest absolute Gasteiger partial charge is 0.262 e. The zero-order valence-electron chi connectivity index (χ0n) is 11.8. The summed E-state index contributed by atoms with van der Waals surface area (Å²) in [4.78, 5) is 11.4.